The second-order valence-electron chi connectivity index (χ2n) is 4.86. The van der Waals surface area contributed by atoms with Crippen LogP contribution in [-0.2, 0) is 0 Å². The summed E-state index contributed by atoms with van der Waals surface area (Å²) >= 11 is 0. The van der Waals surface area contributed by atoms with Crippen LogP contribution < -0.4 is 5.32 Å². The predicted molar refractivity (Wildman–Crippen MR) is 64.1 cm³/mol. The van der Waals surface area contributed by atoms with Crippen molar-refractivity contribution in [3.63, 3.8) is 0 Å². The molecule has 1 aromatic rings. The number of furan rings is 1. The normalized spacial score (nSPS) is 19.6. The van der Waals surface area contributed by atoms with Crippen LogP contribution in [0.5, 0.6) is 0 Å². The topological polar surface area (TPSA) is 62.5 Å². The van der Waals surface area contributed by atoms with Crippen LogP contribution in [0.4, 0.5) is 0 Å². The van der Waals surface area contributed by atoms with E-state index in [9.17, 15) is 4.79 Å². The summed E-state index contributed by atoms with van der Waals surface area (Å²) < 4.78 is 5.30. The van der Waals surface area contributed by atoms with E-state index in [0.29, 0.717) is 5.76 Å². The van der Waals surface area contributed by atoms with Crippen LogP contribution in [-0.4, -0.2) is 16.6 Å². The zero-order valence-electron chi connectivity index (χ0n) is 10.3. The molecule has 0 bridgehead atoms. The second-order valence-corrected chi connectivity index (χ2v) is 4.86. The molecule has 1 aliphatic rings. The van der Waals surface area contributed by atoms with Crippen molar-refractivity contribution in [1.29, 1.82) is 0 Å². The predicted octanol–water partition coefficient (Wildman–Crippen LogP) is 2.96. The van der Waals surface area contributed by atoms with Gasteiger partial charge in [0.25, 0.3) is 0 Å². The van der Waals surface area contributed by atoms with Crippen molar-refractivity contribution in [2.75, 3.05) is 0 Å². The maximum atomic E-state index is 10.7. The highest BCUT2D eigenvalue weighted by molar-refractivity contribution is 5.84. The number of aromatic carboxylic acids is 1. The fourth-order valence-corrected chi connectivity index (χ4v) is 2.43. The molecule has 17 heavy (non-hydrogen) atoms. The van der Waals surface area contributed by atoms with Crippen LogP contribution in [0.15, 0.2) is 16.5 Å². The lowest BCUT2D eigenvalue weighted by Crippen LogP contribution is -2.51. The summed E-state index contributed by atoms with van der Waals surface area (Å²) in [7, 11) is 0. The number of carboxylic acid groups (broad SMARTS) is 1. The van der Waals surface area contributed by atoms with E-state index in [4.69, 9.17) is 9.52 Å². The third-order valence-electron chi connectivity index (χ3n) is 3.77. The van der Waals surface area contributed by atoms with Gasteiger partial charge in [-0.25, -0.2) is 4.79 Å². The molecule has 0 radical (unpaired) electrons. The van der Waals surface area contributed by atoms with Gasteiger partial charge < -0.3 is 14.8 Å². The van der Waals surface area contributed by atoms with E-state index in [0.717, 1.165) is 6.42 Å². The highest BCUT2D eigenvalue weighted by atomic mass is 16.4. The first-order valence-electron chi connectivity index (χ1n) is 6.17. The molecular weight excluding hydrogens is 218 g/mol. The third kappa shape index (κ3) is 2.36. The van der Waals surface area contributed by atoms with Gasteiger partial charge in [0.2, 0.25) is 5.76 Å². The number of hydrogen-bond donors (Lipinski definition) is 2. The van der Waals surface area contributed by atoms with Crippen molar-refractivity contribution < 1.29 is 14.3 Å². The smallest absolute Gasteiger partial charge is 0.371 e. The molecule has 1 unspecified atom stereocenters. The monoisotopic (exact) mass is 237 g/mol. The standard InChI is InChI=1S/C13H19NO3/c1-3-13(7-4-8-13)14-9(2)10-5-6-11(17-10)12(15)16/h5-6,9,14H,3-4,7-8H2,1-2H3,(H,15,16). The van der Waals surface area contributed by atoms with Gasteiger partial charge in [-0.3, -0.25) is 0 Å². The molecule has 0 saturated heterocycles. The molecule has 1 saturated carbocycles. The Morgan fingerprint density at radius 2 is 2.29 bits per heavy atom. The lowest BCUT2D eigenvalue weighted by molar-refractivity contribution is 0.0658. The first kappa shape index (κ1) is 12.2. The molecular formula is C13H19NO3. The van der Waals surface area contributed by atoms with Gasteiger partial charge in [0.15, 0.2) is 0 Å². The minimum absolute atomic E-state index is 0.00723. The second kappa shape index (κ2) is 4.53. The summed E-state index contributed by atoms with van der Waals surface area (Å²) in [4.78, 5) is 10.7. The Labute approximate surface area is 101 Å². The number of rotatable bonds is 5. The van der Waals surface area contributed by atoms with E-state index >= 15 is 0 Å². The lowest BCUT2D eigenvalue weighted by Gasteiger charge is -2.44. The van der Waals surface area contributed by atoms with Crippen LogP contribution in [0.3, 0.4) is 0 Å². The molecule has 1 heterocycles. The molecule has 4 nitrogen and oxygen atoms in total. The Morgan fingerprint density at radius 1 is 1.59 bits per heavy atom. The number of carboxylic acids is 1. The van der Waals surface area contributed by atoms with Crippen molar-refractivity contribution in [3.8, 4) is 0 Å². The zero-order valence-corrected chi connectivity index (χ0v) is 10.3. The molecule has 1 aromatic heterocycles. The minimum Gasteiger partial charge on any atom is -0.475 e. The maximum absolute atomic E-state index is 10.7. The average Bonchev–Trinajstić information content (AvgIpc) is 2.72. The molecule has 2 rings (SSSR count). The summed E-state index contributed by atoms with van der Waals surface area (Å²) in [5.41, 5.74) is 0.232. The molecule has 2 N–H and O–H groups in total. The summed E-state index contributed by atoms with van der Waals surface area (Å²) in [6.07, 6.45) is 4.76. The van der Waals surface area contributed by atoms with Crippen LogP contribution in [0.1, 0.15) is 61.9 Å². The van der Waals surface area contributed by atoms with E-state index in [-0.39, 0.29) is 17.3 Å². The SMILES string of the molecule is CCC1(NC(C)c2ccc(C(=O)O)o2)CCC1. The molecule has 0 amide bonds. The lowest BCUT2D eigenvalue weighted by atomic mass is 9.74. The van der Waals surface area contributed by atoms with E-state index in [1.54, 1.807) is 6.07 Å². The van der Waals surface area contributed by atoms with Crippen LogP contribution in [0, 0.1) is 0 Å². The Bertz CT molecular complexity index is 401. The Kier molecular flexibility index (Phi) is 3.24. The van der Waals surface area contributed by atoms with E-state index in [1.165, 1.54) is 25.3 Å². The summed E-state index contributed by atoms with van der Waals surface area (Å²) in [5.74, 6) is -0.313. The molecule has 0 aromatic carbocycles. The van der Waals surface area contributed by atoms with Gasteiger partial charge in [0.1, 0.15) is 5.76 Å². The summed E-state index contributed by atoms with van der Waals surface area (Å²) in [6, 6.07) is 3.31. The molecule has 0 aliphatic heterocycles. The molecule has 4 heteroatoms. The van der Waals surface area contributed by atoms with Crippen LogP contribution in [0.25, 0.3) is 0 Å². The fourth-order valence-electron chi connectivity index (χ4n) is 2.43. The van der Waals surface area contributed by atoms with E-state index in [2.05, 4.69) is 12.2 Å². The van der Waals surface area contributed by atoms with Gasteiger partial charge in [0, 0.05) is 5.54 Å². The van der Waals surface area contributed by atoms with Crippen LogP contribution >= 0.6 is 0 Å². The third-order valence-corrected chi connectivity index (χ3v) is 3.77. The number of nitrogens with one attached hydrogen (secondary N) is 1. The van der Waals surface area contributed by atoms with Gasteiger partial charge in [-0.1, -0.05) is 6.92 Å². The summed E-state index contributed by atoms with van der Waals surface area (Å²) in [6.45, 7) is 4.20. The molecule has 1 aliphatic carbocycles. The average molecular weight is 237 g/mol. The minimum atomic E-state index is -1.02. The van der Waals surface area contributed by atoms with Crippen LogP contribution in [0.2, 0.25) is 0 Å². The summed E-state index contributed by atoms with van der Waals surface area (Å²) in [5, 5.41) is 12.4. The highest BCUT2D eigenvalue weighted by Crippen LogP contribution is 2.36. The molecule has 1 atom stereocenters. The van der Waals surface area contributed by atoms with Crippen molar-refractivity contribution >= 4 is 5.97 Å². The number of hydrogen-bond acceptors (Lipinski definition) is 3. The quantitative estimate of drug-likeness (QED) is 0.826. The van der Waals surface area contributed by atoms with Crippen molar-refractivity contribution in [2.45, 2.75) is 51.1 Å². The van der Waals surface area contributed by atoms with Gasteiger partial charge in [0.05, 0.1) is 6.04 Å². The first-order chi connectivity index (χ1) is 8.06. The Hall–Kier alpha value is -1.29. The first-order valence-corrected chi connectivity index (χ1v) is 6.17. The van der Waals surface area contributed by atoms with Gasteiger partial charge in [-0.05, 0) is 44.7 Å². The van der Waals surface area contributed by atoms with Crippen molar-refractivity contribution in [2.24, 2.45) is 0 Å². The number of carbonyl (C=O) groups is 1. The zero-order chi connectivity index (χ0) is 12.5. The Morgan fingerprint density at radius 3 is 2.71 bits per heavy atom. The Balaban J connectivity index is 2.03. The van der Waals surface area contributed by atoms with E-state index < -0.39 is 5.97 Å². The van der Waals surface area contributed by atoms with Crippen molar-refractivity contribution in [1.82, 2.24) is 5.32 Å². The molecule has 1 fully saturated rings. The fraction of sp³-hybridized carbons (Fsp3) is 0.615. The van der Waals surface area contributed by atoms with E-state index in [1.807, 2.05) is 6.92 Å². The van der Waals surface area contributed by atoms with Gasteiger partial charge >= 0.3 is 5.97 Å². The molecule has 94 valence electrons. The van der Waals surface area contributed by atoms with Crippen molar-refractivity contribution in [3.05, 3.63) is 23.7 Å². The van der Waals surface area contributed by atoms with Gasteiger partial charge in [-0.2, -0.15) is 0 Å². The highest BCUT2D eigenvalue weighted by Gasteiger charge is 2.36. The maximum Gasteiger partial charge on any atom is 0.371 e. The van der Waals surface area contributed by atoms with Gasteiger partial charge in [-0.15, -0.1) is 0 Å². The largest absolute Gasteiger partial charge is 0.475 e. The molecule has 0 spiro atoms.